The van der Waals surface area contributed by atoms with Gasteiger partial charge in [0.25, 0.3) is 0 Å². The molecule has 68 heavy (non-hydrogen) atoms. The number of hydrogen-bond acceptors (Lipinski definition) is 17. The monoisotopic (exact) mass is 1010 g/mol. The van der Waals surface area contributed by atoms with Crippen LogP contribution in [0.1, 0.15) is 76.8 Å². The van der Waals surface area contributed by atoms with Crippen molar-refractivity contribution in [1.82, 2.24) is 24.8 Å². The van der Waals surface area contributed by atoms with E-state index < -0.39 is 54.1 Å². The molecule has 0 spiro atoms. The molecule has 0 amide bonds. The Kier molecular flexibility index (Phi) is 25.7. The Labute approximate surface area is 415 Å². The number of carbonyl (C=O) groups is 4. The van der Waals surface area contributed by atoms with Crippen LogP contribution in [-0.2, 0) is 58.0 Å². The van der Waals surface area contributed by atoms with E-state index in [0.29, 0.717) is 36.1 Å². The summed E-state index contributed by atoms with van der Waals surface area (Å²) in [5, 5.41) is 36.4. The molecule has 12 N–H and O–H groups in total. The SMILES string of the molecule is N[C@@H](CSCCCc1ccc(CN(Cc2ccc(CCCSC[C@H](N)C(=O)O)cn2)C(c2ccc(CCCSC[C@H](N)C(=O)O)cn2)c2ccc(CCCSC[C@H](N)C(=O)O)cn2)nc1)C(=O)O. The van der Waals surface area contributed by atoms with Gasteiger partial charge in [-0.15, -0.1) is 0 Å². The third kappa shape index (κ3) is 21.1. The van der Waals surface area contributed by atoms with Gasteiger partial charge in [0.2, 0.25) is 0 Å². The minimum absolute atomic E-state index is 0.349. The van der Waals surface area contributed by atoms with Crippen LogP contribution in [0.3, 0.4) is 0 Å². The van der Waals surface area contributed by atoms with Crippen LogP contribution >= 0.6 is 47.0 Å². The fourth-order valence-electron chi connectivity index (χ4n) is 6.70. The zero-order valence-corrected chi connectivity index (χ0v) is 41.4. The van der Waals surface area contributed by atoms with E-state index in [4.69, 9.17) is 63.3 Å². The molecular formula is C47H65N9O8S4. The van der Waals surface area contributed by atoms with E-state index in [9.17, 15) is 19.2 Å². The summed E-state index contributed by atoms with van der Waals surface area (Å²) in [6.07, 6.45) is 14.0. The average molecular weight is 1010 g/mol. The molecule has 4 aromatic heterocycles. The Morgan fingerprint density at radius 1 is 0.441 bits per heavy atom. The first-order valence-electron chi connectivity index (χ1n) is 22.5. The van der Waals surface area contributed by atoms with Crippen molar-refractivity contribution in [3.63, 3.8) is 0 Å². The molecule has 370 valence electrons. The molecule has 4 atom stereocenters. The van der Waals surface area contributed by atoms with Gasteiger partial charge in [0.05, 0.1) is 28.8 Å². The predicted molar refractivity (Wildman–Crippen MR) is 273 cm³/mol. The van der Waals surface area contributed by atoms with E-state index in [2.05, 4.69) is 29.2 Å². The maximum absolute atomic E-state index is 11.1. The highest BCUT2D eigenvalue weighted by Crippen LogP contribution is 2.30. The highest BCUT2D eigenvalue weighted by Gasteiger charge is 2.27. The fraction of sp³-hybridized carbons (Fsp3) is 0.489. The average Bonchev–Trinajstić information content (AvgIpc) is 3.32. The number of carboxylic acids is 4. The Bertz CT molecular complexity index is 1980. The third-order valence-electron chi connectivity index (χ3n) is 10.6. The highest BCUT2D eigenvalue weighted by molar-refractivity contribution is 8.00. The number of thioether (sulfide) groups is 4. The molecule has 0 unspecified atom stereocenters. The van der Waals surface area contributed by atoms with Crippen molar-refractivity contribution >= 4 is 70.9 Å². The number of aryl methyl sites for hydroxylation is 4. The van der Waals surface area contributed by atoms with Crippen LogP contribution in [-0.4, -0.2) is 139 Å². The first-order chi connectivity index (χ1) is 32.7. The van der Waals surface area contributed by atoms with Crippen LogP contribution < -0.4 is 22.9 Å². The topological polar surface area (TPSA) is 308 Å². The molecule has 4 rings (SSSR count). The molecule has 4 aromatic rings. The number of nitrogens with zero attached hydrogens (tertiary/aromatic N) is 5. The number of nitrogens with two attached hydrogens (primary N) is 4. The van der Waals surface area contributed by atoms with Gasteiger partial charge in [0.1, 0.15) is 24.2 Å². The van der Waals surface area contributed by atoms with Crippen LogP contribution in [0.4, 0.5) is 0 Å². The number of rotatable bonds is 35. The van der Waals surface area contributed by atoms with Crippen LogP contribution in [0.25, 0.3) is 0 Å². The van der Waals surface area contributed by atoms with Crippen molar-refractivity contribution in [2.24, 2.45) is 22.9 Å². The zero-order valence-electron chi connectivity index (χ0n) is 38.1. The minimum atomic E-state index is -1.01. The Morgan fingerprint density at radius 3 is 0.956 bits per heavy atom. The van der Waals surface area contributed by atoms with Gasteiger partial charge in [-0.1, -0.05) is 24.3 Å². The second-order valence-electron chi connectivity index (χ2n) is 16.3. The summed E-state index contributed by atoms with van der Waals surface area (Å²) < 4.78 is 0. The van der Waals surface area contributed by atoms with Crippen molar-refractivity contribution in [2.75, 3.05) is 46.0 Å². The van der Waals surface area contributed by atoms with E-state index in [1.807, 2.05) is 49.1 Å². The molecule has 0 aliphatic rings. The number of pyridine rings is 4. The smallest absolute Gasteiger partial charge is 0.321 e. The van der Waals surface area contributed by atoms with Crippen LogP contribution in [0.5, 0.6) is 0 Å². The lowest BCUT2D eigenvalue weighted by Gasteiger charge is -2.31. The molecule has 0 aliphatic heterocycles. The zero-order chi connectivity index (χ0) is 49.3. The fourth-order valence-corrected chi connectivity index (χ4v) is 10.4. The molecule has 0 saturated heterocycles. The molecule has 17 nitrogen and oxygen atoms in total. The quantitative estimate of drug-likeness (QED) is 0.0297. The van der Waals surface area contributed by atoms with E-state index in [1.54, 1.807) is 0 Å². The van der Waals surface area contributed by atoms with E-state index in [1.165, 1.54) is 47.0 Å². The largest absolute Gasteiger partial charge is 0.480 e. The van der Waals surface area contributed by atoms with Gasteiger partial charge in [-0.25, -0.2) is 0 Å². The number of hydrogen-bond donors (Lipinski definition) is 8. The van der Waals surface area contributed by atoms with Gasteiger partial charge in [-0.2, -0.15) is 47.0 Å². The Hall–Kier alpha value is -4.32. The Morgan fingerprint density at radius 2 is 0.721 bits per heavy atom. The molecule has 0 bridgehead atoms. The Balaban J connectivity index is 1.57. The lowest BCUT2D eigenvalue weighted by Crippen LogP contribution is -2.32. The second kappa shape index (κ2) is 31.0. The van der Waals surface area contributed by atoms with E-state index in [-0.39, 0.29) is 0 Å². The van der Waals surface area contributed by atoms with E-state index >= 15 is 0 Å². The molecule has 0 radical (unpaired) electrons. The third-order valence-corrected chi connectivity index (χ3v) is 15.3. The normalized spacial score (nSPS) is 13.3. The summed E-state index contributed by atoms with van der Waals surface area (Å²) in [5.41, 5.74) is 30.1. The molecule has 0 aliphatic carbocycles. The first kappa shape index (κ1) is 56.3. The van der Waals surface area contributed by atoms with Gasteiger partial charge in [-0.05, 0) is 121 Å². The molecule has 4 heterocycles. The standard InChI is InChI=1S/C47H65N9O8S4/c48-37(44(57)58)27-65-17-1-5-31-9-13-35(52-21-31)25-56(26-36-14-10-32(22-53-36)6-2-18-66-28-38(49)45(59)60)43(41-15-11-33(23-54-41)7-3-19-67-29-39(50)46(61)62)42-16-12-34(24-55-42)8-4-20-68-30-40(51)47(63)64/h9-16,21-24,37-40,43H,1-8,17-20,25-30,48-51H2,(H,57,58)(H,59,60)(H,61,62)(H,63,64)/t37-,38-,39-,40-/m0/s1. The second-order valence-corrected chi connectivity index (χ2v) is 20.9. The summed E-state index contributed by atoms with van der Waals surface area (Å²) in [4.78, 5) is 66.5. The first-order valence-corrected chi connectivity index (χ1v) is 27.1. The van der Waals surface area contributed by atoms with Crippen molar-refractivity contribution < 1.29 is 39.6 Å². The highest BCUT2D eigenvalue weighted by atomic mass is 32.2. The van der Waals surface area contributed by atoms with E-state index in [0.717, 1.165) is 119 Å². The lowest BCUT2D eigenvalue weighted by atomic mass is 10.0. The van der Waals surface area contributed by atoms with Crippen molar-refractivity contribution in [3.05, 3.63) is 118 Å². The van der Waals surface area contributed by atoms with Gasteiger partial charge in [0, 0.05) is 60.9 Å². The predicted octanol–water partition coefficient (Wildman–Crippen LogP) is 4.37. The van der Waals surface area contributed by atoms with Gasteiger partial charge in [0.15, 0.2) is 0 Å². The van der Waals surface area contributed by atoms with Crippen molar-refractivity contribution in [3.8, 4) is 0 Å². The van der Waals surface area contributed by atoms with Crippen LogP contribution in [0.2, 0.25) is 0 Å². The maximum Gasteiger partial charge on any atom is 0.321 e. The number of carboxylic acid groups (broad SMARTS) is 4. The van der Waals surface area contributed by atoms with Crippen LogP contribution in [0.15, 0.2) is 73.3 Å². The number of aliphatic carboxylic acids is 4. The van der Waals surface area contributed by atoms with Crippen LogP contribution in [0, 0.1) is 0 Å². The van der Waals surface area contributed by atoms with Gasteiger partial charge < -0.3 is 43.4 Å². The summed E-state index contributed by atoms with van der Waals surface area (Å²) in [6.45, 7) is 0.872. The summed E-state index contributed by atoms with van der Waals surface area (Å²) in [6, 6.07) is 12.5. The summed E-state index contributed by atoms with van der Waals surface area (Å²) in [7, 11) is 0. The van der Waals surface area contributed by atoms with Crippen molar-refractivity contribution in [2.45, 2.75) is 94.7 Å². The molecule has 0 fully saturated rings. The minimum Gasteiger partial charge on any atom is -0.480 e. The lowest BCUT2D eigenvalue weighted by molar-refractivity contribution is -0.138. The molecular weight excluding hydrogens is 947 g/mol. The van der Waals surface area contributed by atoms with Crippen molar-refractivity contribution in [1.29, 1.82) is 0 Å². The molecule has 0 saturated carbocycles. The van der Waals surface area contributed by atoms with Gasteiger partial charge >= 0.3 is 23.9 Å². The molecule has 21 heteroatoms. The number of aromatic nitrogens is 4. The molecule has 0 aromatic carbocycles. The summed E-state index contributed by atoms with van der Waals surface area (Å²) >= 11 is 6.09. The summed E-state index contributed by atoms with van der Waals surface area (Å²) in [5.74, 6) is 0.492. The maximum atomic E-state index is 11.1. The van der Waals surface area contributed by atoms with Gasteiger partial charge in [-0.3, -0.25) is 44.0 Å².